The largest absolute Gasteiger partial charge is 0.683 e. The van der Waals surface area contributed by atoms with Gasteiger partial charge in [0.2, 0.25) is 0 Å². The van der Waals surface area contributed by atoms with Crippen molar-refractivity contribution in [1.82, 2.24) is 0 Å². The first-order chi connectivity index (χ1) is 13.1. The van der Waals surface area contributed by atoms with Gasteiger partial charge in [0.15, 0.2) is 0 Å². The Labute approximate surface area is 163 Å². The molecule has 0 N–H and O–H groups in total. The molecule has 0 aliphatic carbocycles. The maximum absolute atomic E-state index is 4.74. The van der Waals surface area contributed by atoms with E-state index in [-0.39, 0.29) is 12.1 Å². The SMILES string of the molecule is CC(C)N=c1cccccc1[N-]CCC[N-]c1cccccc1=NC(C)C. The summed E-state index contributed by atoms with van der Waals surface area (Å²) in [6.45, 7) is 9.77. The highest BCUT2D eigenvalue weighted by Gasteiger charge is 1.89. The molecule has 0 saturated carbocycles. The molecule has 0 radical (unpaired) electrons. The number of rotatable bonds is 8. The van der Waals surface area contributed by atoms with Gasteiger partial charge in [-0.1, -0.05) is 55.0 Å². The Morgan fingerprint density at radius 2 is 1.04 bits per heavy atom. The van der Waals surface area contributed by atoms with E-state index in [2.05, 4.69) is 37.7 Å². The molecule has 0 saturated heterocycles. The first-order valence-corrected chi connectivity index (χ1v) is 9.67. The van der Waals surface area contributed by atoms with Crippen molar-refractivity contribution in [3.8, 4) is 0 Å². The lowest BCUT2D eigenvalue weighted by Gasteiger charge is -2.25. The smallest absolute Gasteiger partial charge is 0.0449 e. The maximum Gasteiger partial charge on any atom is 0.0449 e. The van der Waals surface area contributed by atoms with Crippen LogP contribution in [0, 0.1) is 0 Å². The summed E-state index contributed by atoms with van der Waals surface area (Å²) in [7, 11) is 0. The van der Waals surface area contributed by atoms with Gasteiger partial charge in [0, 0.05) is 22.8 Å². The Bertz CT molecular complexity index is 770. The summed E-state index contributed by atoms with van der Waals surface area (Å²) >= 11 is 0. The third kappa shape index (κ3) is 7.65. The van der Waals surface area contributed by atoms with Gasteiger partial charge in [-0.2, -0.15) is 0 Å². The second-order valence-corrected chi connectivity index (χ2v) is 6.93. The Kier molecular flexibility index (Phi) is 8.56. The first-order valence-electron chi connectivity index (χ1n) is 9.67. The van der Waals surface area contributed by atoms with Crippen molar-refractivity contribution in [2.45, 2.75) is 46.2 Å². The number of hydrogen-bond donors (Lipinski definition) is 0. The van der Waals surface area contributed by atoms with E-state index in [0.29, 0.717) is 0 Å². The van der Waals surface area contributed by atoms with Gasteiger partial charge in [-0.05, 0) is 39.8 Å². The maximum atomic E-state index is 4.74. The zero-order chi connectivity index (χ0) is 19.5. The quantitative estimate of drug-likeness (QED) is 0.564. The fraction of sp³-hybridized carbons (Fsp3) is 0.391. The predicted octanol–water partition coefficient (Wildman–Crippen LogP) is 5.41. The molecule has 2 rings (SSSR count). The van der Waals surface area contributed by atoms with Crippen LogP contribution in [0.25, 0.3) is 10.6 Å². The second kappa shape index (κ2) is 11.2. The van der Waals surface area contributed by atoms with Crippen LogP contribution < -0.4 is 10.7 Å². The predicted molar refractivity (Wildman–Crippen MR) is 115 cm³/mol. The van der Waals surface area contributed by atoms with Crippen LogP contribution in [0.15, 0.2) is 70.6 Å². The van der Waals surface area contributed by atoms with Gasteiger partial charge in [-0.15, -0.1) is 24.5 Å². The van der Waals surface area contributed by atoms with Crippen LogP contribution in [0.1, 0.15) is 34.1 Å². The molecule has 4 heteroatoms. The van der Waals surface area contributed by atoms with Crippen molar-refractivity contribution in [2.24, 2.45) is 9.98 Å². The van der Waals surface area contributed by atoms with Gasteiger partial charge >= 0.3 is 0 Å². The Morgan fingerprint density at radius 3 is 1.44 bits per heavy atom. The third-order valence-corrected chi connectivity index (χ3v) is 3.66. The zero-order valence-corrected chi connectivity index (χ0v) is 16.8. The van der Waals surface area contributed by atoms with Crippen LogP contribution >= 0.6 is 0 Å². The molecule has 0 heterocycles. The van der Waals surface area contributed by atoms with Crippen LogP contribution in [0.3, 0.4) is 0 Å². The molecular weight excluding hydrogens is 332 g/mol. The highest BCUT2D eigenvalue weighted by molar-refractivity contribution is 5.48. The van der Waals surface area contributed by atoms with Crippen LogP contribution in [0.4, 0.5) is 11.4 Å². The standard InChI is InChI=1S/C23H30N4/c1-18(2)26-22-14-9-5-7-12-20(22)24-16-11-17-25-21-13-8-6-10-15-23(21)27-19(3)4/h5-10,12-15,18-19H,11,16-17H2,1-4H3/q-2. The summed E-state index contributed by atoms with van der Waals surface area (Å²) in [6, 6.07) is 20.6. The van der Waals surface area contributed by atoms with Gasteiger partial charge in [0.25, 0.3) is 0 Å². The second-order valence-electron chi connectivity index (χ2n) is 6.93. The molecule has 0 atom stereocenters. The van der Waals surface area contributed by atoms with Gasteiger partial charge in [-0.3, -0.25) is 9.98 Å². The average Bonchev–Trinajstić information content (AvgIpc) is 2.95. The van der Waals surface area contributed by atoms with Crippen LogP contribution in [-0.2, 0) is 0 Å². The average molecular weight is 363 g/mol. The molecule has 0 spiro atoms. The topological polar surface area (TPSA) is 52.9 Å². The number of hydrogen-bond acceptors (Lipinski definition) is 2. The highest BCUT2D eigenvalue weighted by atomic mass is 14.9. The molecule has 2 aromatic rings. The third-order valence-electron chi connectivity index (χ3n) is 3.66. The van der Waals surface area contributed by atoms with E-state index in [4.69, 9.17) is 10.6 Å². The monoisotopic (exact) mass is 362 g/mol. The Hall–Kier alpha value is -2.62. The van der Waals surface area contributed by atoms with E-state index < -0.39 is 0 Å². The summed E-state index contributed by atoms with van der Waals surface area (Å²) in [5.74, 6) is 0. The fourth-order valence-corrected chi connectivity index (χ4v) is 2.57. The Morgan fingerprint density at radius 1 is 0.630 bits per heavy atom. The van der Waals surface area contributed by atoms with Gasteiger partial charge in [0.05, 0.1) is 0 Å². The molecule has 0 fully saturated rings. The van der Waals surface area contributed by atoms with E-state index in [1.165, 1.54) is 0 Å². The summed E-state index contributed by atoms with van der Waals surface area (Å²) in [5.41, 5.74) is 1.88. The Balaban J connectivity index is 1.97. The van der Waals surface area contributed by atoms with Crippen LogP contribution in [0.2, 0.25) is 0 Å². The molecule has 0 unspecified atom stereocenters. The molecule has 27 heavy (non-hydrogen) atoms. The first kappa shape index (κ1) is 20.7. The van der Waals surface area contributed by atoms with Crippen molar-refractivity contribution in [3.05, 3.63) is 82.0 Å². The van der Waals surface area contributed by atoms with E-state index in [0.717, 1.165) is 41.6 Å². The van der Waals surface area contributed by atoms with E-state index >= 15 is 0 Å². The molecule has 2 aromatic carbocycles. The van der Waals surface area contributed by atoms with Crippen molar-refractivity contribution in [1.29, 1.82) is 0 Å². The molecule has 4 nitrogen and oxygen atoms in total. The minimum Gasteiger partial charge on any atom is -0.683 e. The minimum atomic E-state index is 0.248. The molecule has 144 valence electrons. The summed E-state index contributed by atoms with van der Waals surface area (Å²) in [6.07, 6.45) is 0.888. The normalized spacial score (nSPS) is 12.5. The lowest BCUT2D eigenvalue weighted by molar-refractivity contribution is 0.806. The van der Waals surface area contributed by atoms with Crippen molar-refractivity contribution in [3.63, 3.8) is 0 Å². The molecule has 0 aliphatic heterocycles. The summed E-state index contributed by atoms with van der Waals surface area (Å²) in [4.78, 5) is 9.32. The molecule has 0 bridgehead atoms. The van der Waals surface area contributed by atoms with Crippen LogP contribution in [-0.4, -0.2) is 25.2 Å². The molecular formula is C23H30N4-2. The lowest BCUT2D eigenvalue weighted by Crippen LogP contribution is -2.06. The van der Waals surface area contributed by atoms with Crippen LogP contribution in [0.5, 0.6) is 0 Å². The van der Waals surface area contributed by atoms with Gasteiger partial charge < -0.3 is 10.6 Å². The molecule has 0 amide bonds. The van der Waals surface area contributed by atoms with Crippen molar-refractivity contribution in [2.75, 3.05) is 13.1 Å². The summed E-state index contributed by atoms with van der Waals surface area (Å²) < 4.78 is 0. The molecule has 0 aliphatic rings. The fourth-order valence-electron chi connectivity index (χ4n) is 2.57. The van der Waals surface area contributed by atoms with E-state index in [9.17, 15) is 0 Å². The summed E-state index contributed by atoms with van der Waals surface area (Å²) in [5, 5.41) is 11.4. The van der Waals surface area contributed by atoms with E-state index in [1.54, 1.807) is 0 Å². The lowest BCUT2D eigenvalue weighted by atomic mass is 10.3. The number of nitrogens with zero attached hydrogens (tertiary/aromatic N) is 4. The van der Waals surface area contributed by atoms with Crippen molar-refractivity contribution < 1.29 is 0 Å². The highest BCUT2D eigenvalue weighted by Crippen LogP contribution is 2.15. The van der Waals surface area contributed by atoms with Gasteiger partial charge in [0.1, 0.15) is 0 Å². The van der Waals surface area contributed by atoms with Crippen molar-refractivity contribution >= 4 is 11.4 Å². The minimum absolute atomic E-state index is 0.248. The van der Waals surface area contributed by atoms with Gasteiger partial charge in [-0.25, -0.2) is 0 Å². The molecule has 0 aromatic heterocycles. The van der Waals surface area contributed by atoms with E-state index in [1.807, 2.05) is 60.7 Å². The zero-order valence-electron chi connectivity index (χ0n) is 16.8.